The normalized spacial score (nSPS) is 13.4. The molecule has 1 aliphatic heterocycles. The maximum absolute atomic E-state index is 14.0. The van der Waals surface area contributed by atoms with Gasteiger partial charge in [-0.15, -0.1) is 11.3 Å². The lowest BCUT2D eigenvalue weighted by molar-refractivity contribution is 0.0980. The molecule has 0 atom stereocenters. The van der Waals surface area contributed by atoms with Crippen molar-refractivity contribution in [2.24, 2.45) is 0 Å². The van der Waals surface area contributed by atoms with Gasteiger partial charge in [0, 0.05) is 17.5 Å². The van der Waals surface area contributed by atoms with Gasteiger partial charge < -0.3 is 9.64 Å². The third-order valence-corrected chi connectivity index (χ3v) is 5.35. The van der Waals surface area contributed by atoms with E-state index in [1.807, 2.05) is 18.2 Å². The molecule has 0 bridgehead atoms. The van der Waals surface area contributed by atoms with Gasteiger partial charge in [0.1, 0.15) is 22.3 Å². The molecule has 2 aromatic carbocycles. The number of halogens is 1. The zero-order chi connectivity index (χ0) is 18.1. The zero-order valence-corrected chi connectivity index (χ0v) is 15.1. The molecule has 3 aromatic rings. The van der Waals surface area contributed by atoms with Gasteiger partial charge in [-0.3, -0.25) is 4.79 Å². The Balaban J connectivity index is 1.70. The second kappa shape index (κ2) is 6.88. The van der Waals surface area contributed by atoms with Crippen LogP contribution in [0, 0.1) is 5.82 Å². The van der Waals surface area contributed by atoms with Gasteiger partial charge in [-0.05, 0) is 36.6 Å². The number of benzene rings is 2. The van der Waals surface area contributed by atoms with E-state index in [0.717, 1.165) is 24.1 Å². The van der Waals surface area contributed by atoms with Crippen LogP contribution in [0.15, 0.2) is 47.8 Å². The van der Waals surface area contributed by atoms with Gasteiger partial charge in [0.05, 0.1) is 12.8 Å². The molecule has 1 aromatic heterocycles. The second-order valence-corrected chi connectivity index (χ2v) is 6.90. The molecule has 0 radical (unpaired) electrons. The second-order valence-electron chi connectivity index (χ2n) is 6.05. The lowest BCUT2D eigenvalue weighted by Gasteiger charge is -2.30. The zero-order valence-electron chi connectivity index (χ0n) is 14.2. The van der Waals surface area contributed by atoms with Crippen LogP contribution in [0.4, 0.5) is 10.1 Å². The average Bonchev–Trinajstić information content (AvgIpc) is 3.16. The summed E-state index contributed by atoms with van der Waals surface area (Å²) < 4.78 is 19.4. The molecular weight excluding hydrogens is 351 g/mol. The first-order valence-corrected chi connectivity index (χ1v) is 9.25. The first kappa shape index (κ1) is 16.7. The number of ether oxygens (including phenoxy) is 1. The van der Waals surface area contributed by atoms with Crippen LogP contribution in [0.2, 0.25) is 0 Å². The van der Waals surface area contributed by atoms with Crippen molar-refractivity contribution in [3.05, 3.63) is 64.9 Å². The molecule has 0 saturated carbocycles. The number of aromatic nitrogens is 1. The van der Waals surface area contributed by atoms with E-state index in [9.17, 15) is 9.18 Å². The number of amides is 1. The van der Waals surface area contributed by atoms with Gasteiger partial charge in [0.2, 0.25) is 0 Å². The number of hydrogen-bond acceptors (Lipinski definition) is 4. The summed E-state index contributed by atoms with van der Waals surface area (Å²) in [6.45, 7) is 0.610. The predicted molar refractivity (Wildman–Crippen MR) is 100 cm³/mol. The van der Waals surface area contributed by atoms with Crippen molar-refractivity contribution in [1.29, 1.82) is 0 Å². The van der Waals surface area contributed by atoms with Crippen molar-refractivity contribution >= 4 is 22.9 Å². The average molecular weight is 368 g/mol. The van der Waals surface area contributed by atoms with E-state index >= 15 is 0 Å². The summed E-state index contributed by atoms with van der Waals surface area (Å²) in [4.78, 5) is 19.2. The van der Waals surface area contributed by atoms with E-state index in [2.05, 4.69) is 4.98 Å². The van der Waals surface area contributed by atoms with Gasteiger partial charge in [0.25, 0.3) is 5.91 Å². The lowest BCUT2D eigenvalue weighted by Crippen LogP contribution is -2.36. The minimum Gasteiger partial charge on any atom is -0.495 e. The minimum atomic E-state index is -0.342. The molecule has 1 aliphatic rings. The number of hydrogen-bond donors (Lipinski definition) is 0. The summed E-state index contributed by atoms with van der Waals surface area (Å²) in [5.41, 5.74) is 2.64. The fraction of sp³-hybridized carbons (Fsp3) is 0.200. The Morgan fingerprint density at radius 3 is 2.88 bits per heavy atom. The maximum Gasteiger partial charge on any atom is 0.277 e. The van der Waals surface area contributed by atoms with Gasteiger partial charge in [0.15, 0.2) is 0 Å². The molecule has 0 saturated heterocycles. The van der Waals surface area contributed by atoms with Crippen LogP contribution in [-0.4, -0.2) is 24.5 Å². The van der Waals surface area contributed by atoms with E-state index in [1.54, 1.807) is 35.6 Å². The van der Waals surface area contributed by atoms with E-state index in [1.165, 1.54) is 17.4 Å². The molecule has 26 heavy (non-hydrogen) atoms. The number of methoxy groups -OCH3 is 1. The first-order valence-electron chi connectivity index (χ1n) is 8.37. The SMILES string of the molecule is COc1cccc2c1N(C(=O)c1csc(-c3ccccc3F)n1)CCC2. The maximum atomic E-state index is 14.0. The fourth-order valence-corrected chi connectivity index (χ4v) is 4.07. The quantitative estimate of drug-likeness (QED) is 0.681. The highest BCUT2D eigenvalue weighted by atomic mass is 32.1. The number of para-hydroxylation sites is 1. The van der Waals surface area contributed by atoms with Gasteiger partial charge in [-0.1, -0.05) is 24.3 Å². The first-order chi connectivity index (χ1) is 12.7. The molecule has 6 heteroatoms. The Kier molecular flexibility index (Phi) is 4.42. The summed E-state index contributed by atoms with van der Waals surface area (Å²) in [6, 6.07) is 12.3. The van der Waals surface area contributed by atoms with Gasteiger partial charge >= 0.3 is 0 Å². The lowest BCUT2D eigenvalue weighted by atomic mass is 10.0. The van der Waals surface area contributed by atoms with Crippen molar-refractivity contribution in [2.75, 3.05) is 18.6 Å². The van der Waals surface area contributed by atoms with Crippen LogP contribution >= 0.6 is 11.3 Å². The van der Waals surface area contributed by atoms with Crippen LogP contribution in [0.5, 0.6) is 5.75 Å². The van der Waals surface area contributed by atoms with Crippen LogP contribution < -0.4 is 9.64 Å². The van der Waals surface area contributed by atoms with Crippen molar-refractivity contribution in [2.45, 2.75) is 12.8 Å². The number of anilines is 1. The van der Waals surface area contributed by atoms with E-state index in [-0.39, 0.29) is 11.7 Å². The van der Waals surface area contributed by atoms with Crippen molar-refractivity contribution in [3.63, 3.8) is 0 Å². The summed E-state index contributed by atoms with van der Waals surface area (Å²) in [5, 5.41) is 2.19. The molecule has 0 aliphatic carbocycles. The summed E-state index contributed by atoms with van der Waals surface area (Å²) in [6.07, 6.45) is 1.80. The van der Waals surface area contributed by atoms with Crippen LogP contribution in [0.1, 0.15) is 22.5 Å². The molecule has 0 spiro atoms. The van der Waals surface area contributed by atoms with Crippen molar-refractivity contribution in [3.8, 4) is 16.3 Å². The topological polar surface area (TPSA) is 42.4 Å². The fourth-order valence-electron chi connectivity index (χ4n) is 3.25. The highest BCUT2D eigenvalue weighted by Gasteiger charge is 2.28. The van der Waals surface area contributed by atoms with Gasteiger partial charge in [-0.25, -0.2) is 9.37 Å². The highest BCUT2D eigenvalue weighted by Crippen LogP contribution is 2.37. The molecule has 4 rings (SSSR count). The molecule has 0 unspecified atom stereocenters. The molecule has 0 fully saturated rings. The number of nitrogens with zero attached hydrogens (tertiary/aromatic N) is 2. The molecule has 1 amide bonds. The van der Waals surface area contributed by atoms with Crippen LogP contribution in [0.3, 0.4) is 0 Å². The Morgan fingerprint density at radius 1 is 1.23 bits per heavy atom. The monoisotopic (exact) mass is 368 g/mol. The predicted octanol–water partition coefficient (Wildman–Crippen LogP) is 4.55. The summed E-state index contributed by atoms with van der Waals surface area (Å²) in [7, 11) is 1.60. The number of aryl methyl sites for hydroxylation is 1. The van der Waals surface area contributed by atoms with Crippen LogP contribution in [0.25, 0.3) is 10.6 Å². The molecule has 2 heterocycles. The van der Waals surface area contributed by atoms with E-state index < -0.39 is 0 Å². The number of rotatable bonds is 3. The Morgan fingerprint density at radius 2 is 2.08 bits per heavy atom. The Bertz CT molecular complexity index is 956. The van der Waals surface area contributed by atoms with Crippen LogP contribution in [-0.2, 0) is 6.42 Å². The number of fused-ring (bicyclic) bond motifs is 1. The van der Waals surface area contributed by atoms with Crippen molar-refractivity contribution in [1.82, 2.24) is 4.98 Å². The molecule has 0 N–H and O–H groups in total. The highest BCUT2D eigenvalue weighted by molar-refractivity contribution is 7.13. The molecular formula is C20H17FN2O2S. The van der Waals surface area contributed by atoms with E-state index in [4.69, 9.17) is 4.74 Å². The van der Waals surface area contributed by atoms with Gasteiger partial charge in [-0.2, -0.15) is 0 Å². The number of carbonyl (C=O) groups is 1. The Labute approximate surface area is 154 Å². The third-order valence-electron chi connectivity index (χ3n) is 4.47. The largest absolute Gasteiger partial charge is 0.495 e. The minimum absolute atomic E-state index is 0.186. The summed E-state index contributed by atoms with van der Waals surface area (Å²) >= 11 is 1.27. The standard InChI is InChI=1S/C20H17FN2O2S/c1-25-17-10-4-6-13-7-5-11-23(18(13)17)20(24)16-12-26-19(22-16)14-8-2-3-9-15(14)21/h2-4,6,8-10,12H,5,7,11H2,1H3. The summed E-state index contributed by atoms with van der Waals surface area (Å²) in [5.74, 6) is 0.153. The molecule has 132 valence electrons. The smallest absolute Gasteiger partial charge is 0.277 e. The third kappa shape index (κ3) is 2.86. The number of thiazole rings is 1. The van der Waals surface area contributed by atoms with Crippen molar-refractivity contribution < 1.29 is 13.9 Å². The molecule has 4 nitrogen and oxygen atoms in total. The van der Waals surface area contributed by atoms with E-state index in [0.29, 0.717) is 28.6 Å². The Hall–Kier alpha value is -2.73. The number of carbonyl (C=O) groups excluding carboxylic acids is 1.